The first-order valence-electron chi connectivity index (χ1n) is 36.7. The van der Waals surface area contributed by atoms with Crippen molar-refractivity contribution in [3.63, 3.8) is 0 Å². The summed E-state index contributed by atoms with van der Waals surface area (Å²) in [7, 11) is -9.99. The summed E-state index contributed by atoms with van der Waals surface area (Å²) in [5.74, 6) is -2.35. The van der Waals surface area contributed by atoms with Crippen molar-refractivity contribution < 1.29 is 80.2 Å². The van der Waals surface area contributed by atoms with Crippen LogP contribution in [0.2, 0.25) is 0 Å². The lowest BCUT2D eigenvalue weighted by atomic mass is 10.1. The molecular formula is C79H128O17P2. The minimum atomic E-state index is -5.00. The van der Waals surface area contributed by atoms with Gasteiger partial charge in [0.1, 0.15) is 19.3 Å². The van der Waals surface area contributed by atoms with Gasteiger partial charge < -0.3 is 33.8 Å². The van der Waals surface area contributed by atoms with Crippen LogP contribution >= 0.6 is 15.6 Å². The highest BCUT2D eigenvalue weighted by molar-refractivity contribution is 7.47. The number of hydrogen-bond donors (Lipinski definition) is 3. The van der Waals surface area contributed by atoms with E-state index in [1.165, 1.54) is 38.5 Å². The van der Waals surface area contributed by atoms with Crippen LogP contribution in [-0.4, -0.2) is 96.7 Å². The molecular weight excluding hydrogens is 1280 g/mol. The molecule has 0 rings (SSSR count). The van der Waals surface area contributed by atoms with Crippen molar-refractivity contribution in [2.45, 2.75) is 277 Å². The van der Waals surface area contributed by atoms with Crippen LogP contribution < -0.4 is 0 Å². The molecule has 98 heavy (non-hydrogen) atoms. The molecule has 0 aromatic carbocycles. The molecule has 0 heterocycles. The summed E-state index contributed by atoms with van der Waals surface area (Å²) in [5, 5.41) is 10.6. The zero-order valence-electron chi connectivity index (χ0n) is 60.4. The second-order valence-electron chi connectivity index (χ2n) is 23.7. The minimum absolute atomic E-state index is 0.0272. The van der Waals surface area contributed by atoms with Gasteiger partial charge in [0.2, 0.25) is 0 Å². The molecule has 5 atom stereocenters. The van der Waals surface area contributed by atoms with Gasteiger partial charge in [0.05, 0.1) is 26.4 Å². The maximum Gasteiger partial charge on any atom is 0.472 e. The summed E-state index contributed by atoms with van der Waals surface area (Å²) in [4.78, 5) is 72.7. The molecule has 0 aliphatic heterocycles. The molecule has 0 radical (unpaired) electrons. The number of phosphoric acid groups is 2. The normalized spacial score (nSPS) is 14.9. The van der Waals surface area contributed by atoms with Gasteiger partial charge in [0.25, 0.3) is 0 Å². The van der Waals surface area contributed by atoms with Crippen molar-refractivity contribution in [2.24, 2.45) is 0 Å². The molecule has 0 fully saturated rings. The number of aliphatic hydroxyl groups excluding tert-OH is 1. The molecule has 0 aliphatic rings. The SMILES string of the molecule is CC/C=C\C/C=C\C/C=C\C/C=C\C/C=C\CCCC(=O)OCC(COP(=O)(O)OCC(O)COP(=O)(O)OCC(COC(=O)CCCC/C=C\C/C=C\C/C=C\C/C=C\CC)OC(=O)CCCC/C=C\C/C=C\C/C=C\C/C=C\CC)OC(=O)CCCCCCCCCCCCC. The van der Waals surface area contributed by atoms with Crippen LogP contribution in [0.5, 0.6) is 0 Å². The molecule has 0 saturated heterocycles. The highest BCUT2D eigenvalue weighted by Gasteiger charge is 2.30. The number of phosphoric ester groups is 2. The van der Waals surface area contributed by atoms with Crippen LogP contribution in [-0.2, 0) is 65.4 Å². The number of esters is 4. The van der Waals surface area contributed by atoms with Crippen LogP contribution in [0.1, 0.15) is 259 Å². The van der Waals surface area contributed by atoms with E-state index in [9.17, 15) is 43.2 Å². The predicted molar refractivity (Wildman–Crippen MR) is 399 cm³/mol. The number of carbonyl (C=O) groups excluding carboxylic acids is 4. The smallest absolute Gasteiger partial charge is 0.462 e. The van der Waals surface area contributed by atoms with Gasteiger partial charge in [0.15, 0.2) is 12.2 Å². The Labute approximate surface area is 591 Å². The van der Waals surface area contributed by atoms with E-state index in [1.54, 1.807) is 0 Å². The van der Waals surface area contributed by atoms with Crippen LogP contribution in [0.3, 0.4) is 0 Å². The maximum absolute atomic E-state index is 13.1. The van der Waals surface area contributed by atoms with Gasteiger partial charge in [-0.3, -0.25) is 37.3 Å². The van der Waals surface area contributed by atoms with Crippen LogP contribution in [0.25, 0.3) is 0 Å². The third kappa shape index (κ3) is 69.2. The molecule has 17 nitrogen and oxygen atoms in total. The van der Waals surface area contributed by atoms with Crippen molar-refractivity contribution in [1.82, 2.24) is 0 Å². The molecule has 0 bridgehead atoms. The second kappa shape index (κ2) is 70.1. The zero-order valence-corrected chi connectivity index (χ0v) is 62.2. The van der Waals surface area contributed by atoms with E-state index in [2.05, 4.69) is 174 Å². The van der Waals surface area contributed by atoms with E-state index >= 15 is 0 Å². The van der Waals surface area contributed by atoms with Crippen LogP contribution in [0, 0.1) is 0 Å². The Bertz CT molecular complexity index is 2480. The Morgan fingerprint density at radius 3 is 0.857 bits per heavy atom. The van der Waals surface area contributed by atoms with Gasteiger partial charge in [-0.25, -0.2) is 9.13 Å². The summed E-state index contributed by atoms with van der Waals surface area (Å²) >= 11 is 0. The summed E-state index contributed by atoms with van der Waals surface area (Å²) in [5.41, 5.74) is 0. The van der Waals surface area contributed by atoms with E-state index < -0.39 is 97.5 Å². The third-order valence-electron chi connectivity index (χ3n) is 14.5. The molecule has 0 saturated carbocycles. The average Bonchev–Trinajstić information content (AvgIpc) is 0.986. The summed E-state index contributed by atoms with van der Waals surface area (Å²) in [6, 6.07) is 0. The Morgan fingerprint density at radius 2 is 0.541 bits per heavy atom. The Balaban J connectivity index is 5.46. The highest BCUT2D eigenvalue weighted by atomic mass is 31.2. The number of rotatable bonds is 67. The lowest BCUT2D eigenvalue weighted by molar-refractivity contribution is -0.161. The Morgan fingerprint density at radius 1 is 0.296 bits per heavy atom. The maximum atomic E-state index is 13.1. The van der Waals surface area contributed by atoms with E-state index in [-0.39, 0.29) is 25.7 Å². The number of unbranched alkanes of at least 4 members (excludes halogenated alkanes) is 15. The van der Waals surface area contributed by atoms with Gasteiger partial charge in [-0.05, 0) is 141 Å². The standard InChI is InChI=1S/C79H128O17P2/c1-5-9-13-17-21-25-29-32-35-36-39-41-45-48-52-56-60-64-77(82)89-69-74(95-78(83)65-61-57-53-49-43-28-24-20-16-12-8-4)71-93-97(85,86)91-67-73(80)68-92-98(87,88)94-72-75(96-79(84)66-62-58-54-50-46-42-38-34-31-27-23-19-15-11-7-3)70-90-76(81)63-59-55-51-47-44-40-37-33-30-26-22-18-14-10-6-2/h9-11,13-15,21-23,25-27,32-35,37-39,41,44,46-48,50,52,73-75,80H,5-8,12,16-20,24,28-31,36,40,42-43,45,49,51,53-72H2,1-4H3,(H,85,86)(H,87,88)/b13-9-,14-10-,15-11-,25-21-,26-22-,27-23-,35-32-,37-33-,38-34-,41-39-,47-44-,50-46-,52-48-. The molecule has 0 aliphatic carbocycles. The molecule has 0 spiro atoms. The fourth-order valence-electron chi connectivity index (χ4n) is 9.00. The van der Waals surface area contributed by atoms with Crippen molar-refractivity contribution in [1.29, 1.82) is 0 Å². The molecule has 5 unspecified atom stereocenters. The van der Waals surface area contributed by atoms with Crippen molar-refractivity contribution >= 4 is 39.5 Å². The van der Waals surface area contributed by atoms with E-state index in [4.69, 9.17) is 37.0 Å². The number of ether oxygens (including phenoxy) is 4. The molecule has 556 valence electrons. The fraction of sp³-hybridized carbons (Fsp3) is 0.620. The Kier molecular flexibility index (Phi) is 66.3. The largest absolute Gasteiger partial charge is 0.472 e. The lowest BCUT2D eigenvalue weighted by Gasteiger charge is -2.21. The summed E-state index contributed by atoms with van der Waals surface area (Å²) in [6.07, 6.45) is 79.8. The van der Waals surface area contributed by atoms with Crippen LogP contribution in [0.4, 0.5) is 0 Å². The molecule has 0 aromatic heterocycles. The first-order chi connectivity index (χ1) is 47.7. The van der Waals surface area contributed by atoms with Gasteiger partial charge in [-0.1, -0.05) is 250 Å². The van der Waals surface area contributed by atoms with Crippen molar-refractivity contribution in [2.75, 3.05) is 39.6 Å². The molecule has 3 N–H and O–H groups in total. The van der Waals surface area contributed by atoms with E-state index in [1.807, 2.05) is 12.2 Å². The van der Waals surface area contributed by atoms with Crippen molar-refractivity contribution in [3.05, 3.63) is 158 Å². The summed E-state index contributed by atoms with van der Waals surface area (Å²) in [6.45, 7) is 4.32. The van der Waals surface area contributed by atoms with Gasteiger partial charge >= 0.3 is 39.5 Å². The third-order valence-corrected chi connectivity index (χ3v) is 16.4. The quantitative estimate of drug-likeness (QED) is 0.0169. The average molecular weight is 1410 g/mol. The first kappa shape index (κ1) is 92.7. The number of aliphatic hydroxyl groups is 1. The number of hydrogen-bond acceptors (Lipinski definition) is 15. The number of carbonyl (C=O) groups is 4. The van der Waals surface area contributed by atoms with Gasteiger partial charge in [0, 0.05) is 25.7 Å². The van der Waals surface area contributed by atoms with Gasteiger partial charge in [-0.2, -0.15) is 0 Å². The fourth-order valence-corrected chi connectivity index (χ4v) is 10.6. The van der Waals surface area contributed by atoms with Gasteiger partial charge in [-0.15, -0.1) is 0 Å². The monoisotopic (exact) mass is 1410 g/mol. The zero-order chi connectivity index (χ0) is 71.8. The lowest BCUT2D eigenvalue weighted by Crippen LogP contribution is -2.30. The second-order valence-corrected chi connectivity index (χ2v) is 26.7. The Hall–Kier alpha value is -5.32. The van der Waals surface area contributed by atoms with Crippen molar-refractivity contribution in [3.8, 4) is 0 Å². The van der Waals surface area contributed by atoms with Crippen LogP contribution in [0.15, 0.2) is 158 Å². The molecule has 19 heteroatoms. The van der Waals surface area contributed by atoms with E-state index in [0.29, 0.717) is 38.5 Å². The first-order valence-corrected chi connectivity index (χ1v) is 39.7. The molecule has 0 aromatic rings. The highest BCUT2D eigenvalue weighted by Crippen LogP contribution is 2.45. The minimum Gasteiger partial charge on any atom is -0.462 e. The van der Waals surface area contributed by atoms with E-state index in [0.717, 1.165) is 128 Å². The summed E-state index contributed by atoms with van der Waals surface area (Å²) < 4.78 is 68.2. The number of allylic oxidation sites excluding steroid dienone is 26. The topological polar surface area (TPSA) is 237 Å². The predicted octanol–water partition coefficient (Wildman–Crippen LogP) is 20.9. The molecule has 0 amide bonds.